The van der Waals surface area contributed by atoms with Gasteiger partial charge < -0.3 is 23.7 Å². The van der Waals surface area contributed by atoms with Gasteiger partial charge in [0.2, 0.25) is 0 Å². The maximum absolute atomic E-state index is 10.1. The minimum atomic E-state index is -0.798. The van der Waals surface area contributed by atoms with Crippen LogP contribution in [-0.4, -0.2) is 14.2 Å². The van der Waals surface area contributed by atoms with E-state index >= 15 is 0 Å². The van der Waals surface area contributed by atoms with Crippen molar-refractivity contribution >= 4 is 0 Å². The predicted octanol–water partition coefficient (Wildman–Crippen LogP) is 8.43. The van der Waals surface area contributed by atoms with Gasteiger partial charge in [-0.15, -0.1) is 0 Å². The van der Waals surface area contributed by atoms with E-state index in [4.69, 9.17) is 23.7 Å². The molecular weight excluding hydrogens is 552 g/mol. The third-order valence-corrected chi connectivity index (χ3v) is 9.13. The Labute approximate surface area is 254 Å². The average molecular weight is 577 g/mol. The fourth-order valence-electron chi connectivity index (χ4n) is 7.02. The van der Waals surface area contributed by atoms with Gasteiger partial charge in [-0.05, 0) is 71.5 Å². The standard InChI is InChI=1S/C37H24N2O5/c1-19-20(2)24(18-39)36-35(23(19)17-38)43-33-15-28-30(16-34(33)44-36)42-29-12-8-7-11-26(29)37(28)25-10-6-5-9-21(25)22-13-31(40-3)32(41-4)14-27(22)37/h5-16H,1-4H3. The van der Waals surface area contributed by atoms with E-state index < -0.39 is 5.41 Å². The molecule has 0 aromatic heterocycles. The number of benzene rings is 5. The number of methoxy groups -OCH3 is 2. The Morgan fingerprint density at radius 3 is 1.82 bits per heavy atom. The molecule has 0 radical (unpaired) electrons. The van der Waals surface area contributed by atoms with Crippen LogP contribution < -0.4 is 23.7 Å². The molecule has 8 rings (SSSR count). The molecule has 7 nitrogen and oxygen atoms in total. The molecule has 0 fully saturated rings. The average Bonchev–Trinajstić information content (AvgIpc) is 3.33. The van der Waals surface area contributed by atoms with Gasteiger partial charge in [-0.2, -0.15) is 10.5 Å². The SMILES string of the molecule is COc1cc2c(cc1OC)C1(c3ccccc3Oc3cc4c(cc31)Oc1c(C#N)c(C)c(C)c(C#N)c1O4)c1ccccc1-2. The highest BCUT2D eigenvalue weighted by Crippen LogP contribution is 2.65. The summed E-state index contributed by atoms with van der Waals surface area (Å²) in [5.74, 6) is 3.86. The van der Waals surface area contributed by atoms with Crippen LogP contribution in [0.4, 0.5) is 0 Å². The number of hydrogen-bond donors (Lipinski definition) is 0. The minimum Gasteiger partial charge on any atom is -0.493 e. The third-order valence-electron chi connectivity index (χ3n) is 9.13. The zero-order valence-corrected chi connectivity index (χ0v) is 24.4. The lowest BCUT2D eigenvalue weighted by atomic mass is 9.66. The zero-order valence-electron chi connectivity index (χ0n) is 24.4. The molecule has 1 aliphatic carbocycles. The molecule has 44 heavy (non-hydrogen) atoms. The monoisotopic (exact) mass is 576 g/mol. The Morgan fingerprint density at radius 2 is 1.16 bits per heavy atom. The van der Waals surface area contributed by atoms with E-state index in [1.54, 1.807) is 14.2 Å². The number of hydrogen-bond acceptors (Lipinski definition) is 7. The maximum Gasteiger partial charge on any atom is 0.189 e. The summed E-state index contributed by atoms with van der Waals surface area (Å²) < 4.78 is 31.0. The van der Waals surface area contributed by atoms with Crippen LogP contribution in [0.2, 0.25) is 0 Å². The molecule has 1 spiro atoms. The van der Waals surface area contributed by atoms with Crippen LogP contribution in [0.25, 0.3) is 11.1 Å². The summed E-state index contributed by atoms with van der Waals surface area (Å²) in [6.07, 6.45) is 0. The van der Waals surface area contributed by atoms with E-state index in [2.05, 4.69) is 30.3 Å². The van der Waals surface area contributed by atoms with Crippen LogP contribution in [0.15, 0.2) is 72.8 Å². The molecule has 5 aromatic rings. The van der Waals surface area contributed by atoms with E-state index in [0.717, 1.165) is 33.4 Å². The van der Waals surface area contributed by atoms with Gasteiger partial charge in [0.15, 0.2) is 34.5 Å². The Bertz CT molecular complexity index is 2190. The summed E-state index contributed by atoms with van der Waals surface area (Å²) in [4.78, 5) is 0. The Morgan fingerprint density at radius 1 is 0.568 bits per heavy atom. The number of rotatable bonds is 2. The van der Waals surface area contributed by atoms with Crippen LogP contribution in [0.5, 0.6) is 46.0 Å². The van der Waals surface area contributed by atoms with E-state index in [9.17, 15) is 10.5 Å². The van der Waals surface area contributed by atoms with Crippen molar-refractivity contribution in [2.75, 3.05) is 14.2 Å². The molecule has 0 N–H and O–H groups in total. The number of fused-ring (bicyclic) bond motifs is 11. The van der Waals surface area contributed by atoms with Crippen LogP contribution >= 0.6 is 0 Å². The smallest absolute Gasteiger partial charge is 0.189 e. The van der Waals surface area contributed by atoms with Gasteiger partial charge in [0, 0.05) is 17.2 Å². The first-order valence-corrected chi connectivity index (χ1v) is 14.1. The second kappa shape index (κ2) is 9.04. The summed E-state index contributed by atoms with van der Waals surface area (Å²) in [6.45, 7) is 3.62. The number of ether oxygens (including phenoxy) is 5. The summed E-state index contributed by atoms with van der Waals surface area (Å²) >= 11 is 0. The second-order valence-corrected chi connectivity index (χ2v) is 11.0. The quantitative estimate of drug-likeness (QED) is 0.204. The summed E-state index contributed by atoms with van der Waals surface area (Å²) in [5.41, 5.74) is 7.25. The maximum atomic E-state index is 10.1. The van der Waals surface area contributed by atoms with E-state index in [-0.39, 0.29) is 11.5 Å². The molecule has 3 aliphatic rings. The normalized spacial score (nSPS) is 15.9. The molecule has 1 unspecified atom stereocenters. The number of nitrogens with zero attached hydrogens (tertiary/aromatic N) is 2. The van der Waals surface area contributed by atoms with Gasteiger partial charge >= 0.3 is 0 Å². The molecule has 0 amide bonds. The summed E-state index contributed by atoms with van der Waals surface area (Å²) in [7, 11) is 3.27. The van der Waals surface area contributed by atoms with Crippen LogP contribution in [0, 0.1) is 36.5 Å². The zero-order chi connectivity index (χ0) is 30.3. The molecular formula is C37H24N2O5. The first-order chi connectivity index (χ1) is 21.5. The molecule has 0 bridgehead atoms. The third kappa shape index (κ3) is 3.08. The molecule has 0 saturated heterocycles. The lowest BCUT2D eigenvalue weighted by molar-refractivity contribution is 0.349. The van der Waals surface area contributed by atoms with E-state index in [1.165, 1.54) is 0 Å². The predicted molar refractivity (Wildman–Crippen MR) is 162 cm³/mol. The van der Waals surface area contributed by atoms with Gasteiger partial charge in [-0.25, -0.2) is 0 Å². The van der Waals surface area contributed by atoms with E-state index in [0.29, 0.717) is 56.8 Å². The Kier molecular flexibility index (Phi) is 5.29. The molecule has 1 atom stereocenters. The molecule has 0 saturated carbocycles. The fourth-order valence-corrected chi connectivity index (χ4v) is 7.02. The van der Waals surface area contributed by atoms with Crippen molar-refractivity contribution in [1.29, 1.82) is 10.5 Å². The largest absolute Gasteiger partial charge is 0.493 e. The van der Waals surface area contributed by atoms with Crippen LogP contribution in [0.3, 0.4) is 0 Å². The Hall–Kier alpha value is -5.92. The highest BCUT2D eigenvalue weighted by molar-refractivity contribution is 5.90. The van der Waals surface area contributed by atoms with Crippen molar-refractivity contribution in [2.24, 2.45) is 0 Å². The highest BCUT2D eigenvalue weighted by atomic mass is 16.6. The van der Waals surface area contributed by atoms with Crippen molar-refractivity contribution in [3.05, 3.63) is 117 Å². The molecule has 2 aliphatic heterocycles. The first-order valence-electron chi connectivity index (χ1n) is 14.1. The van der Waals surface area contributed by atoms with Crippen molar-refractivity contribution < 1.29 is 23.7 Å². The molecule has 2 heterocycles. The van der Waals surface area contributed by atoms with Crippen molar-refractivity contribution in [3.8, 4) is 69.3 Å². The Balaban J connectivity index is 1.46. The molecule has 7 heteroatoms. The van der Waals surface area contributed by atoms with Gasteiger partial charge in [0.05, 0.1) is 19.6 Å². The fraction of sp³-hybridized carbons (Fsp3) is 0.135. The van der Waals surface area contributed by atoms with Gasteiger partial charge in [-0.3, -0.25) is 0 Å². The van der Waals surface area contributed by atoms with Crippen LogP contribution in [0.1, 0.15) is 44.5 Å². The lowest BCUT2D eigenvalue weighted by Gasteiger charge is -2.40. The summed E-state index contributed by atoms with van der Waals surface area (Å²) in [5, 5.41) is 20.1. The lowest BCUT2D eigenvalue weighted by Crippen LogP contribution is -2.32. The van der Waals surface area contributed by atoms with Gasteiger partial charge in [0.1, 0.15) is 34.8 Å². The van der Waals surface area contributed by atoms with Crippen molar-refractivity contribution in [2.45, 2.75) is 19.3 Å². The molecule has 5 aromatic carbocycles. The second-order valence-electron chi connectivity index (χ2n) is 11.0. The minimum absolute atomic E-state index is 0.235. The number of nitriles is 2. The highest BCUT2D eigenvalue weighted by Gasteiger charge is 2.52. The molecule has 212 valence electrons. The topological polar surface area (TPSA) is 93.7 Å². The van der Waals surface area contributed by atoms with Crippen molar-refractivity contribution in [3.63, 3.8) is 0 Å². The first kappa shape index (κ1) is 25.8. The number of para-hydroxylation sites is 1. The van der Waals surface area contributed by atoms with Gasteiger partial charge in [0.25, 0.3) is 0 Å². The summed E-state index contributed by atoms with van der Waals surface area (Å²) in [6, 6.07) is 28.7. The van der Waals surface area contributed by atoms with Crippen molar-refractivity contribution in [1.82, 2.24) is 0 Å². The van der Waals surface area contributed by atoms with Gasteiger partial charge in [-0.1, -0.05) is 42.5 Å². The van der Waals surface area contributed by atoms with Crippen LogP contribution in [-0.2, 0) is 5.41 Å². The van der Waals surface area contributed by atoms with E-state index in [1.807, 2.05) is 68.4 Å².